The van der Waals surface area contributed by atoms with Crippen LogP contribution in [0.15, 0.2) is 72.8 Å². The zero-order chi connectivity index (χ0) is 22.8. The molecule has 0 heterocycles. The summed E-state index contributed by atoms with van der Waals surface area (Å²) in [5.74, 6) is 0.650. The number of carbonyl (C=O) groups is 2. The molecule has 0 atom stereocenters. The van der Waals surface area contributed by atoms with Crippen molar-refractivity contribution >= 4 is 11.7 Å². The summed E-state index contributed by atoms with van der Waals surface area (Å²) in [6.45, 7) is 2.22. The molecule has 0 spiro atoms. The molecule has 0 fully saturated rings. The van der Waals surface area contributed by atoms with Crippen molar-refractivity contribution in [3.8, 4) is 5.75 Å². The van der Waals surface area contributed by atoms with E-state index in [0.29, 0.717) is 17.7 Å². The van der Waals surface area contributed by atoms with Crippen LogP contribution in [0.25, 0.3) is 0 Å². The first-order valence-electron chi connectivity index (χ1n) is 10.9. The van der Waals surface area contributed by atoms with Crippen LogP contribution < -0.4 is 10.1 Å². The highest BCUT2D eigenvalue weighted by atomic mass is 16.5. The molecule has 0 radical (unpaired) electrons. The number of hydrogen-bond acceptors (Lipinski definition) is 4. The average molecular weight is 432 g/mol. The highest BCUT2D eigenvalue weighted by Gasteiger charge is 2.09. The molecule has 32 heavy (non-hydrogen) atoms. The fourth-order valence-corrected chi connectivity index (χ4v) is 3.45. The van der Waals surface area contributed by atoms with E-state index in [0.717, 1.165) is 41.7 Å². The minimum Gasteiger partial charge on any atom is -0.489 e. The number of hydrogen-bond donors (Lipinski definition) is 2. The first-order valence-corrected chi connectivity index (χ1v) is 10.9. The molecule has 166 valence electrons. The lowest BCUT2D eigenvalue weighted by Crippen LogP contribution is -2.26. The third-order valence-electron chi connectivity index (χ3n) is 5.23. The molecule has 0 aliphatic carbocycles. The number of aliphatic hydroxyl groups excluding tert-OH is 1. The van der Waals surface area contributed by atoms with Crippen molar-refractivity contribution in [2.45, 2.75) is 32.8 Å². The number of nitrogens with one attached hydrogen (secondary N) is 1. The number of benzene rings is 3. The molecule has 0 saturated carbocycles. The van der Waals surface area contributed by atoms with Gasteiger partial charge in [-0.15, -0.1) is 0 Å². The zero-order valence-electron chi connectivity index (χ0n) is 18.3. The van der Waals surface area contributed by atoms with Gasteiger partial charge in [0.2, 0.25) is 0 Å². The lowest BCUT2D eigenvalue weighted by molar-refractivity contribution is 0.0944. The predicted molar refractivity (Wildman–Crippen MR) is 125 cm³/mol. The molecule has 3 aromatic carbocycles. The van der Waals surface area contributed by atoms with Gasteiger partial charge in [0, 0.05) is 17.7 Å². The first-order chi connectivity index (χ1) is 15.6. The van der Waals surface area contributed by atoms with Gasteiger partial charge in [-0.1, -0.05) is 42.5 Å². The number of rotatable bonds is 11. The molecule has 2 N–H and O–H groups in total. The molecule has 3 rings (SSSR count). The molecular formula is C27H29NO4. The van der Waals surface area contributed by atoms with E-state index in [1.807, 2.05) is 60.7 Å². The molecular weight excluding hydrogens is 402 g/mol. The van der Waals surface area contributed by atoms with E-state index in [9.17, 15) is 9.59 Å². The van der Waals surface area contributed by atoms with Crippen LogP contribution in [0, 0.1) is 0 Å². The van der Waals surface area contributed by atoms with Gasteiger partial charge in [-0.05, 0) is 73.2 Å². The summed E-state index contributed by atoms with van der Waals surface area (Å²) in [4.78, 5) is 23.8. The van der Waals surface area contributed by atoms with Gasteiger partial charge in [0.1, 0.15) is 12.4 Å². The monoisotopic (exact) mass is 431 g/mol. The van der Waals surface area contributed by atoms with E-state index in [-0.39, 0.29) is 24.8 Å². The van der Waals surface area contributed by atoms with E-state index >= 15 is 0 Å². The lowest BCUT2D eigenvalue weighted by Gasteiger charge is -2.13. The fourth-order valence-electron chi connectivity index (χ4n) is 3.45. The summed E-state index contributed by atoms with van der Waals surface area (Å²) in [7, 11) is 0. The van der Waals surface area contributed by atoms with Gasteiger partial charge < -0.3 is 15.2 Å². The number of ether oxygens (including phenoxy) is 1. The van der Waals surface area contributed by atoms with Crippen LogP contribution in [0.1, 0.15) is 50.8 Å². The Hall–Kier alpha value is -3.44. The van der Waals surface area contributed by atoms with E-state index < -0.39 is 0 Å². The summed E-state index contributed by atoms with van der Waals surface area (Å²) in [6, 6.07) is 23.1. The normalized spacial score (nSPS) is 10.6. The molecule has 5 nitrogen and oxygen atoms in total. The Morgan fingerprint density at radius 2 is 1.59 bits per heavy atom. The topological polar surface area (TPSA) is 75.6 Å². The van der Waals surface area contributed by atoms with Gasteiger partial charge >= 0.3 is 0 Å². The van der Waals surface area contributed by atoms with E-state index in [1.165, 1.54) is 0 Å². The molecule has 0 aromatic heterocycles. The Kier molecular flexibility index (Phi) is 8.58. The fraction of sp³-hybridized carbons (Fsp3) is 0.259. The zero-order valence-corrected chi connectivity index (χ0v) is 18.3. The summed E-state index contributed by atoms with van der Waals surface area (Å²) < 4.78 is 6.06. The molecule has 0 aliphatic heterocycles. The summed E-state index contributed by atoms with van der Waals surface area (Å²) in [5.41, 5.74) is 4.52. The highest BCUT2D eigenvalue weighted by molar-refractivity contribution is 5.94. The maximum absolute atomic E-state index is 11.9. The average Bonchev–Trinajstić information content (AvgIpc) is 2.82. The number of carbonyl (C=O) groups excluding carboxylic acids is 2. The highest BCUT2D eigenvalue weighted by Crippen LogP contribution is 2.24. The summed E-state index contributed by atoms with van der Waals surface area (Å²) >= 11 is 0. The second kappa shape index (κ2) is 11.8. The van der Waals surface area contributed by atoms with Crippen LogP contribution in [0.3, 0.4) is 0 Å². The second-order valence-corrected chi connectivity index (χ2v) is 7.68. The van der Waals surface area contributed by atoms with Crippen molar-refractivity contribution < 1.29 is 19.4 Å². The molecule has 0 bridgehead atoms. The second-order valence-electron chi connectivity index (χ2n) is 7.68. The van der Waals surface area contributed by atoms with Gasteiger partial charge in [-0.2, -0.15) is 0 Å². The van der Waals surface area contributed by atoms with Crippen LogP contribution in [0.5, 0.6) is 5.75 Å². The Balaban J connectivity index is 1.62. The van der Waals surface area contributed by atoms with Gasteiger partial charge in [-0.25, -0.2) is 0 Å². The van der Waals surface area contributed by atoms with Crippen molar-refractivity contribution in [3.05, 3.63) is 101 Å². The number of amides is 1. The minimum atomic E-state index is -0.188. The van der Waals surface area contributed by atoms with Gasteiger partial charge in [0.05, 0.1) is 6.61 Å². The Bertz CT molecular complexity index is 1030. The molecule has 0 aliphatic rings. The van der Waals surface area contributed by atoms with Crippen molar-refractivity contribution in [1.82, 2.24) is 5.32 Å². The van der Waals surface area contributed by atoms with E-state index in [2.05, 4.69) is 5.32 Å². The smallest absolute Gasteiger partial charge is 0.251 e. The maximum atomic E-state index is 11.9. The molecule has 3 aromatic rings. The number of aliphatic hydroxyl groups is 1. The Morgan fingerprint density at radius 3 is 2.28 bits per heavy atom. The summed E-state index contributed by atoms with van der Waals surface area (Å²) in [6.07, 6.45) is 2.52. The van der Waals surface area contributed by atoms with Crippen LogP contribution in [-0.2, 0) is 19.4 Å². The van der Waals surface area contributed by atoms with Crippen LogP contribution in [0.2, 0.25) is 0 Å². The predicted octanol–water partition coefficient (Wildman–Crippen LogP) is 4.37. The van der Waals surface area contributed by atoms with Gasteiger partial charge in [0.15, 0.2) is 5.78 Å². The van der Waals surface area contributed by atoms with E-state index in [1.54, 1.807) is 19.1 Å². The van der Waals surface area contributed by atoms with E-state index in [4.69, 9.17) is 9.84 Å². The minimum absolute atomic E-state index is 0.0379. The molecule has 5 heteroatoms. The van der Waals surface area contributed by atoms with Crippen molar-refractivity contribution in [2.75, 3.05) is 13.2 Å². The van der Waals surface area contributed by atoms with Crippen LogP contribution in [0.4, 0.5) is 0 Å². The largest absolute Gasteiger partial charge is 0.489 e. The SMILES string of the molecule is CC(=O)c1ccc(OCc2ccccc2)c(CCCc2ccc(C(=O)NCCO)cc2)c1. The Morgan fingerprint density at radius 1 is 0.875 bits per heavy atom. The third-order valence-corrected chi connectivity index (χ3v) is 5.23. The Labute approximate surface area is 189 Å². The van der Waals surface area contributed by atoms with Crippen molar-refractivity contribution in [3.63, 3.8) is 0 Å². The van der Waals surface area contributed by atoms with Gasteiger partial charge in [0.25, 0.3) is 5.91 Å². The first kappa shape index (κ1) is 23.2. The quantitative estimate of drug-likeness (QED) is 0.442. The van der Waals surface area contributed by atoms with Crippen molar-refractivity contribution in [2.24, 2.45) is 0 Å². The van der Waals surface area contributed by atoms with Crippen molar-refractivity contribution in [1.29, 1.82) is 0 Å². The molecule has 0 saturated heterocycles. The van der Waals surface area contributed by atoms with Crippen LogP contribution >= 0.6 is 0 Å². The number of ketones is 1. The standard InChI is InChI=1S/C27H29NO4/c1-20(30)24-14-15-26(32-19-22-6-3-2-4-7-22)25(18-24)9-5-8-21-10-12-23(13-11-21)27(31)28-16-17-29/h2-4,6-7,10-15,18,29H,5,8-9,16-17,19H2,1H3,(H,28,31). The van der Waals surface area contributed by atoms with Crippen LogP contribution in [-0.4, -0.2) is 29.9 Å². The molecule has 0 unspecified atom stereocenters. The maximum Gasteiger partial charge on any atom is 0.251 e. The van der Waals surface area contributed by atoms with Gasteiger partial charge in [-0.3, -0.25) is 9.59 Å². The number of aryl methyl sites for hydroxylation is 2. The molecule has 1 amide bonds. The summed E-state index contributed by atoms with van der Waals surface area (Å²) in [5, 5.41) is 11.5. The third kappa shape index (κ3) is 6.79. The lowest BCUT2D eigenvalue weighted by atomic mass is 9.99. The number of Topliss-reactive ketones (excluding diaryl/α,β-unsaturated/α-hetero) is 1.